The molecule has 0 amide bonds. The molecule has 5 heteroatoms. The minimum absolute atomic E-state index is 0.0996. The number of nitrogens with two attached hydrogens (primary N) is 1. The predicted octanol–water partition coefficient (Wildman–Crippen LogP) is 0.465. The van der Waals surface area contributed by atoms with Gasteiger partial charge in [0, 0.05) is 20.8 Å². The molecule has 0 aromatic carbocycles. The first-order valence-corrected chi connectivity index (χ1v) is 4.51. The van der Waals surface area contributed by atoms with Crippen molar-refractivity contribution in [1.29, 1.82) is 0 Å². The second-order valence-electron chi connectivity index (χ2n) is 3.11. The van der Waals surface area contributed by atoms with Crippen molar-refractivity contribution < 1.29 is 9.47 Å². The lowest BCUT2D eigenvalue weighted by Crippen LogP contribution is -2.17. The van der Waals surface area contributed by atoms with Gasteiger partial charge < -0.3 is 15.2 Å². The van der Waals surface area contributed by atoms with Crippen LogP contribution in [0.3, 0.4) is 0 Å². The molecule has 0 spiro atoms. The highest BCUT2D eigenvalue weighted by Crippen LogP contribution is 2.24. The van der Waals surface area contributed by atoms with Gasteiger partial charge in [-0.25, -0.2) is 0 Å². The lowest BCUT2D eigenvalue weighted by molar-refractivity contribution is 0.186. The third kappa shape index (κ3) is 2.24. The van der Waals surface area contributed by atoms with Gasteiger partial charge >= 0.3 is 0 Å². The number of aromatic nitrogens is 2. The molecule has 0 radical (unpaired) electrons. The van der Waals surface area contributed by atoms with Gasteiger partial charge in [0.15, 0.2) is 5.75 Å². The maximum atomic E-state index is 5.98. The summed E-state index contributed by atoms with van der Waals surface area (Å²) in [5, 5.41) is 4.09. The number of ether oxygens (including phenoxy) is 2. The van der Waals surface area contributed by atoms with Crippen LogP contribution < -0.4 is 10.5 Å². The van der Waals surface area contributed by atoms with Crippen LogP contribution in [-0.4, -0.2) is 30.6 Å². The van der Waals surface area contributed by atoms with Gasteiger partial charge in [0.05, 0.1) is 25.0 Å². The highest BCUT2D eigenvalue weighted by Gasteiger charge is 2.16. The first-order chi connectivity index (χ1) is 6.70. The van der Waals surface area contributed by atoms with Crippen molar-refractivity contribution in [3.63, 3.8) is 0 Å². The van der Waals surface area contributed by atoms with E-state index in [1.165, 1.54) is 0 Å². The van der Waals surface area contributed by atoms with Gasteiger partial charge in [0.2, 0.25) is 0 Å². The molecular formula is C9H17N3O2. The van der Waals surface area contributed by atoms with Gasteiger partial charge in [-0.3, -0.25) is 4.68 Å². The monoisotopic (exact) mass is 199 g/mol. The zero-order valence-corrected chi connectivity index (χ0v) is 8.86. The number of nitrogens with zero attached hydrogens (tertiary/aromatic N) is 2. The maximum Gasteiger partial charge on any atom is 0.161 e. The van der Waals surface area contributed by atoms with Gasteiger partial charge in [-0.2, -0.15) is 5.10 Å². The van der Waals surface area contributed by atoms with E-state index in [-0.39, 0.29) is 6.04 Å². The predicted molar refractivity (Wildman–Crippen MR) is 53.2 cm³/mol. The number of aryl methyl sites for hydroxylation is 1. The Morgan fingerprint density at radius 2 is 2.29 bits per heavy atom. The molecule has 1 aromatic heterocycles. The molecule has 0 aliphatic carbocycles. The topological polar surface area (TPSA) is 62.3 Å². The van der Waals surface area contributed by atoms with E-state index in [1.807, 2.05) is 7.05 Å². The summed E-state index contributed by atoms with van der Waals surface area (Å²) in [6.07, 6.45) is 2.42. The quantitative estimate of drug-likeness (QED) is 0.748. The Morgan fingerprint density at radius 1 is 1.57 bits per heavy atom. The molecule has 1 rings (SSSR count). The zero-order valence-electron chi connectivity index (χ0n) is 8.86. The molecule has 5 nitrogen and oxygen atoms in total. The second kappa shape index (κ2) is 4.97. The van der Waals surface area contributed by atoms with Crippen molar-refractivity contribution in [2.75, 3.05) is 20.8 Å². The van der Waals surface area contributed by atoms with Gasteiger partial charge in [0.1, 0.15) is 0 Å². The summed E-state index contributed by atoms with van der Waals surface area (Å²) in [4.78, 5) is 0. The third-order valence-corrected chi connectivity index (χ3v) is 2.15. The molecule has 1 aromatic rings. The number of rotatable bonds is 5. The maximum absolute atomic E-state index is 5.98. The molecule has 0 aliphatic rings. The van der Waals surface area contributed by atoms with Crippen LogP contribution in [0.15, 0.2) is 6.20 Å². The van der Waals surface area contributed by atoms with E-state index in [0.29, 0.717) is 6.61 Å². The van der Waals surface area contributed by atoms with E-state index in [2.05, 4.69) is 5.10 Å². The van der Waals surface area contributed by atoms with Crippen LogP contribution in [0, 0.1) is 0 Å². The lowest BCUT2D eigenvalue weighted by Gasteiger charge is -2.13. The van der Waals surface area contributed by atoms with Crippen molar-refractivity contribution in [2.45, 2.75) is 12.5 Å². The average Bonchev–Trinajstić information content (AvgIpc) is 2.56. The minimum atomic E-state index is -0.0996. The molecule has 80 valence electrons. The Bertz CT molecular complexity index is 286. The van der Waals surface area contributed by atoms with E-state index in [9.17, 15) is 0 Å². The van der Waals surface area contributed by atoms with Crippen molar-refractivity contribution in [3.8, 4) is 5.75 Å². The smallest absolute Gasteiger partial charge is 0.161 e. The molecule has 1 unspecified atom stereocenters. The van der Waals surface area contributed by atoms with Gasteiger partial charge in [-0.1, -0.05) is 0 Å². The van der Waals surface area contributed by atoms with Crippen molar-refractivity contribution in [3.05, 3.63) is 11.9 Å². The number of hydrogen-bond donors (Lipinski definition) is 1. The number of hydrogen-bond acceptors (Lipinski definition) is 4. The fourth-order valence-corrected chi connectivity index (χ4v) is 1.39. The Labute approximate surface area is 83.8 Å². The zero-order chi connectivity index (χ0) is 10.6. The van der Waals surface area contributed by atoms with Crippen LogP contribution in [0.2, 0.25) is 0 Å². The Balaban J connectivity index is 2.76. The van der Waals surface area contributed by atoms with E-state index in [4.69, 9.17) is 15.2 Å². The first-order valence-electron chi connectivity index (χ1n) is 4.51. The van der Waals surface area contributed by atoms with Crippen LogP contribution in [-0.2, 0) is 11.8 Å². The summed E-state index contributed by atoms with van der Waals surface area (Å²) in [7, 11) is 5.13. The molecule has 14 heavy (non-hydrogen) atoms. The van der Waals surface area contributed by atoms with Crippen LogP contribution in [0.25, 0.3) is 0 Å². The van der Waals surface area contributed by atoms with Crippen LogP contribution in [0.5, 0.6) is 5.75 Å². The summed E-state index contributed by atoms with van der Waals surface area (Å²) in [6, 6.07) is -0.0996. The summed E-state index contributed by atoms with van der Waals surface area (Å²) < 4.78 is 11.9. The lowest BCUT2D eigenvalue weighted by atomic mass is 10.1. The van der Waals surface area contributed by atoms with Gasteiger partial charge in [-0.05, 0) is 6.42 Å². The van der Waals surface area contributed by atoms with E-state index < -0.39 is 0 Å². The summed E-state index contributed by atoms with van der Waals surface area (Å²) in [5.41, 5.74) is 6.89. The second-order valence-corrected chi connectivity index (χ2v) is 3.11. The average molecular weight is 199 g/mol. The fraction of sp³-hybridized carbons (Fsp3) is 0.667. The Kier molecular flexibility index (Phi) is 3.91. The normalized spacial score (nSPS) is 12.9. The molecule has 2 N–H and O–H groups in total. The molecule has 1 atom stereocenters. The number of methoxy groups -OCH3 is 2. The highest BCUT2D eigenvalue weighted by molar-refractivity contribution is 5.27. The van der Waals surface area contributed by atoms with E-state index in [0.717, 1.165) is 17.9 Å². The standard InChI is InChI=1S/C9H17N3O2/c1-12-9(7(10)4-5-13-2)8(14-3)6-11-12/h6-7H,4-5,10H2,1-3H3. The Morgan fingerprint density at radius 3 is 2.86 bits per heavy atom. The van der Waals surface area contributed by atoms with Crippen molar-refractivity contribution >= 4 is 0 Å². The van der Waals surface area contributed by atoms with E-state index >= 15 is 0 Å². The highest BCUT2D eigenvalue weighted by atomic mass is 16.5. The minimum Gasteiger partial charge on any atom is -0.493 e. The molecule has 0 saturated carbocycles. The van der Waals surface area contributed by atoms with Crippen molar-refractivity contribution in [2.24, 2.45) is 12.8 Å². The van der Waals surface area contributed by atoms with Crippen LogP contribution in [0.1, 0.15) is 18.2 Å². The first kappa shape index (κ1) is 11.0. The summed E-state index contributed by atoms with van der Waals surface area (Å²) >= 11 is 0. The molecule has 0 aliphatic heterocycles. The van der Waals surface area contributed by atoms with Crippen LogP contribution in [0.4, 0.5) is 0 Å². The van der Waals surface area contributed by atoms with Crippen molar-refractivity contribution in [1.82, 2.24) is 9.78 Å². The molecular weight excluding hydrogens is 182 g/mol. The van der Waals surface area contributed by atoms with Crippen LogP contribution >= 0.6 is 0 Å². The van der Waals surface area contributed by atoms with E-state index in [1.54, 1.807) is 25.1 Å². The molecule has 1 heterocycles. The largest absolute Gasteiger partial charge is 0.493 e. The molecule has 0 fully saturated rings. The van der Waals surface area contributed by atoms with Gasteiger partial charge in [-0.15, -0.1) is 0 Å². The Hall–Kier alpha value is -1.07. The fourth-order valence-electron chi connectivity index (χ4n) is 1.39. The van der Waals surface area contributed by atoms with Gasteiger partial charge in [0.25, 0.3) is 0 Å². The SMILES string of the molecule is COCCC(N)c1c(OC)cnn1C. The molecule has 0 saturated heterocycles. The third-order valence-electron chi connectivity index (χ3n) is 2.15. The summed E-state index contributed by atoms with van der Waals surface area (Å²) in [6.45, 7) is 0.634. The molecule has 0 bridgehead atoms. The summed E-state index contributed by atoms with van der Waals surface area (Å²) in [5.74, 6) is 0.733.